The third kappa shape index (κ3) is 1.84. The Bertz CT molecular complexity index is 281. The molecule has 0 aliphatic carbocycles. The molecule has 92 valence electrons. The highest BCUT2D eigenvalue weighted by Crippen LogP contribution is 2.36. The number of piperidine rings is 1. The van der Waals surface area contributed by atoms with Crippen molar-refractivity contribution < 1.29 is 4.79 Å². The predicted molar refractivity (Wildman–Crippen MR) is 64.0 cm³/mol. The molecular weight excluding hydrogens is 202 g/mol. The highest BCUT2D eigenvalue weighted by molar-refractivity contribution is 5.85. The average Bonchev–Trinajstić information content (AvgIpc) is 2.66. The van der Waals surface area contributed by atoms with Gasteiger partial charge in [-0.25, -0.2) is 0 Å². The number of nitrogens with two attached hydrogens (primary N) is 1. The molecule has 4 atom stereocenters. The fourth-order valence-corrected chi connectivity index (χ4v) is 3.10. The molecule has 4 nitrogen and oxygen atoms in total. The van der Waals surface area contributed by atoms with E-state index in [4.69, 9.17) is 5.73 Å². The molecule has 2 heterocycles. The molecule has 2 aliphatic heterocycles. The van der Waals surface area contributed by atoms with Crippen LogP contribution in [0.4, 0.5) is 0 Å². The van der Waals surface area contributed by atoms with E-state index in [1.54, 1.807) is 0 Å². The summed E-state index contributed by atoms with van der Waals surface area (Å²) < 4.78 is 0. The molecule has 1 amide bonds. The van der Waals surface area contributed by atoms with Gasteiger partial charge in [0.2, 0.25) is 5.91 Å². The van der Waals surface area contributed by atoms with Crippen LogP contribution in [0.15, 0.2) is 0 Å². The topological polar surface area (TPSA) is 58.4 Å². The minimum atomic E-state index is -0.442. The number of rotatable bonds is 4. The first kappa shape index (κ1) is 11.9. The van der Waals surface area contributed by atoms with Crippen LogP contribution in [0, 0.1) is 5.92 Å². The lowest BCUT2D eigenvalue weighted by Crippen LogP contribution is -2.65. The Hall–Kier alpha value is -0.610. The van der Waals surface area contributed by atoms with E-state index in [-0.39, 0.29) is 5.91 Å². The van der Waals surface area contributed by atoms with Gasteiger partial charge in [-0.2, -0.15) is 0 Å². The summed E-state index contributed by atoms with van der Waals surface area (Å²) in [7, 11) is 0. The van der Waals surface area contributed by atoms with Crippen LogP contribution in [0.3, 0.4) is 0 Å². The number of nitrogens with zero attached hydrogens (tertiary/aromatic N) is 1. The van der Waals surface area contributed by atoms with Gasteiger partial charge in [0.25, 0.3) is 0 Å². The van der Waals surface area contributed by atoms with Gasteiger partial charge in [0, 0.05) is 25.0 Å². The van der Waals surface area contributed by atoms with Gasteiger partial charge in [0.05, 0.1) is 0 Å². The van der Waals surface area contributed by atoms with Crippen LogP contribution < -0.4 is 11.1 Å². The van der Waals surface area contributed by atoms with Gasteiger partial charge in [-0.05, 0) is 32.7 Å². The zero-order chi connectivity index (χ0) is 11.8. The van der Waals surface area contributed by atoms with Gasteiger partial charge in [-0.3, -0.25) is 4.79 Å². The molecule has 2 rings (SSSR count). The van der Waals surface area contributed by atoms with Gasteiger partial charge in [0.1, 0.15) is 5.54 Å². The summed E-state index contributed by atoms with van der Waals surface area (Å²) in [6.07, 6.45) is 3.01. The molecule has 0 aromatic carbocycles. The summed E-state index contributed by atoms with van der Waals surface area (Å²) >= 11 is 0. The third-order valence-electron chi connectivity index (χ3n) is 4.35. The molecule has 16 heavy (non-hydrogen) atoms. The molecule has 2 bridgehead atoms. The van der Waals surface area contributed by atoms with Gasteiger partial charge in [-0.15, -0.1) is 0 Å². The fourth-order valence-electron chi connectivity index (χ4n) is 3.10. The van der Waals surface area contributed by atoms with Crippen LogP contribution in [0.5, 0.6) is 0 Å². The van der Waals surface area contributed by atoms with Crippen molar-refractivity contribution in [3.63, 3.8) is 0 Å². The summed E-state index contributed by atoms with van der Waals surface area (Å²) in [6, 6.07) is 0.361. The Morgan fingerprint density at radius 2 is 2.38 bits per heavy atom. The Balaban J connectivity index is 2.17. The van der Waals surface area contributed by atoms with Crippen LogP contribution >= 0.6 is 0 Å². The van der Waals surface area contributed by atoms with Crippen LogP contribution in [-0.2, 0) is 4.79 Å². The molecule has 3 N–H and O–H groups in total. The Kier molecular flexibility index (Phi) is 3.22. The molecule has 0 spiro atoms. The van der Waals surface area contributed by atoms with E-state index in [2.05, 4.69) is 24.1 Å². The normalized spacial score (nSPS) is 39.6. The maximum atomic E-state index is 11.9. The van der Waals surface area contributed by atoms with E-state index in [0.29, 0.717) is 12.0 Å². The zero-order valence-corrected chi connectivity index (χ0v) is 10.3. The molecule has 2 saturated heterocycles. The molecule has 0 aromatic heterocycles. The summed E-state index contributed by atoms with van der Waals surface area (Å²) in [4.78, 5) is 14.3. The first-order chi connectivity index (χ1) is 7.58. The maximum absolute atomic E-state index is 11.9. The Labute approximate surface area is 97.6 Å². The lowest BCUT2D eigenvalue weighted by Gasteiger charge is -2.42. The van der Waals surface area contributed by atoms with E-state index in [1.165, 1.54) is 0 Å². The first-order valence-electron chi connectivity index (χ1n) is 6.38. The largest absolute Gasteiger partial charge is 0.368 e. The van der Waals surface area contributed by atoms with Gasteiger partial charge in [-0.1, -0.05) is 6.92 Å². The van der Waals surface area contributed by atoms with Crippen molar-refractivity contribution in [1.29, 1.82) is 0 Å². The summed E-state index contributed by atoms with van der Waals surface area (Å²) in [5.41, 5.74) is 5.23. The number of carbonyl (C=O) groups is 1. The number of nitrogens with one attached hydrogen (secondary N) is 1. The number of amides is 1. The fraction of sp³-hybridized carbons (Fsp3) is 0.917. The second kappa shape index (κ2) is 4.34. The monoisotopic (exact) mass is 225 g/mol. The second-order valence-electron chi connectivity index (χ2n) is 5.33. The van der Waals surface area contributed by atoms with E-state index < -0.39 is 5.54 Å². The molecule has 2 fully saturated rings. The van der Waals surface area contributed by atoms with Crippen molar-refractivity contribution in [2.45, 2.75) is 44.7 Å². The maximum Gasteiger partial charge on any atom is 0.238 e. The number of carbonyl (C=O) groups excluding carboxylic acids is 1. The summed E-state index contributed by atoms with van der Waals surface area (Å²) in [6.45, 7) is 7.43. The lowest BCUT2D eigenvalue weighted by molar-refractivity contribution is -0.128. The SMILES string of the molecule is CCC(C)NC1(C(N)=O)CCN2CCC1C2. The van der Waals surface area contributed by atoms with E-state index >= 15 is 0 Å². The first-order valence-corrected chi connectivity index (χ1v) is 6.38. The number of primary amides is 1. The highest BCUT2D eigenvalue weighted by atomic mass is 16.1. The van der Waals surface area contributed by atoms with Gasteiger partial charge >= 0.3 is 0 Å². The second-order valence-corrected chi connectivity index (χ2v) is 5.33. The Morgan fingerprint density at radius 3 is 3.00 bits per heavy atom. The van der Waals surface area contributed by atoms with Crippen LogP contribution in [0.1, 0.15) is 33.1 Å². The minimum Gasteiger partial charge on any atom is -0.368 e. The van der Waals surface area contributed by atoms with E-state index in [9.17, 15) is 4.79 Å². The van der Waals surface area contributed by atoms with Crippen molar-refractivity contribution in [2.24, 2.45) is 11.7 Å². The van der Waals surface area contributed by atoms with Crippen LogP contribution in [0.2, 0.25) is 0 Å². The third-order valence-corrected chi connectivity index (χ3v) is 4.35. The molecule has 0 saturated carbocycles. The van der Waals surface area contributed by atoms with Crippen molar-refractivity contribution in [2.75, 3.05) is 19.6 Å². The average molecular weight is 225 g/mol. The quantitative estimate of drug-likeness (QED) is 0.724. The van der Waals surface area contributed by atoms with Gasteiger partial charge < -0.3 is 16.0 Å². The van der Waals surface area contributed by atoms with Crippen molar-refractivity contribution in [3.05, 3.63) is 0 Å². The van der Waals surface area contributed by atoms with E-state index in [0.717, 1.165) is 38.9 Å². The standard InChI is InChI=1S/C12H23N3O/c1-3-9(2)14-12(11(13)16)5-7-15-6-4-10(12)8-15/h9-10,14H,3-8H2,1-2H3,(H2,13,16). The molecular formula is C12H23N3O. The summed E-state index contributed by atoms with van der Waals surface area (Å²) in [5.74, 6) is 0.257. The Morgan fingerprint density at radius 1 is 1.62 bits per heavy atom. The van der Waals surface area contributed by atoms with Crippen molar-refractivity contribution >= 4 is 5.91 Å². The predicted octanol–water partition coefficient (Wildman–Crippen LogP) is 0.324. The minimum absolute atomic E-state index is 0.153. The number of fused-ring (bicyclic) bond motifs is 2. The number of hydrogen-bond donors (Lipinski definition) is 2. The summed E-state index contributed by atoms with van der Waals surface area (Å²) in [5, 5.41) is 3.51. The number of hydrogen-bond acceptors (Lipinski definition) is 3. The van der Waals surface area contributed by atoms with E-state index in [1.807, 2.05) is 0 Å². The molecule has 0 radical (unpaired) electrons. The van der Waals surface area contributed by atoms with Crippen LogP contribution in [0.25, 0.3) is 0 Å². The molecule has 2 aliphatic rings. The van der Waals surface area contributed by atoms with Crippen molar-refractivity contribution in [3.8, 4) is 0 Å². The lowest BCUT2D eigenvalue weighted by atomic mass is 9.77. The molecule has 4 unspecified atom stereocenters. The van der Waals surface area contributed by atoms with Crippen molar-refractivity contribution in [1.82, 2.24) is 10.2 Å². The molecule has 4 heteroatoms. The highest BCUT2D eigenvalue weighted by Gasteiger charge is 2.50. The molecule has 0 aromatic rings. The van der Waals surface area contributed by atoms with Gasteiger partial charge in [0.15, 0.2) is 0 Å². The van der Waals surface area contributed by atoms with Crippen LogP contribution in [-0.4, -0.2) is 42.0 Å². The zero-order valence-electron chi connectivity index (χ0n) is 10.3. The smallest absolute Gasteiger partial charge is 0.238 e.